The lowest BCUT2D eigenvalue weighted by atomic mass is 10.0. The fourth-order valence-corrected chi connectivity index (χ4v) is 2.32. The van der Waals surface area contributed by atoms with E-state index in [1.54, 1.807) is 0 Å². The van der Waals surface area contributed by atoms with Crippen LogP contribution in [-0.2, 0) is 0 Å². The topological polar surface area (TPSA) is 96.7 Å². The summed E-state index contributed by atoms with van der Waals surface area (Å²) in [5, 5.41) is 11.2. The minimum Gasteiger partial charge on any atom is -0.354 e. The van der Waals surface area contributed by atoms with Crippen LogP contribution in [0, 0.1) is 13.8 Å². The van der Waals surface area contributed by atoms with E-state index in [1.807, 2.05) is 32.0 Å². The summed E-state index contributed by atoms with van der Waals surface area (Å²) in [4.78, 5) is 14.9. The third kappa shape index (κ3) is 4.89. The van der Waals surface area contributed by atoms with Crippen LogP contribution in [-0.4, -0.2) is 28.3 Å². The van der Waals surface area contributed by atoms with Gasteiger partial charge < -0.3 is 11.1 Å². The van der Waals surface area contributed by atoms with Crippen LogP contribution in [0.25, 0.3) is 11.3 Å². The van der Waals surface area contributed by atoms with Gasteiger partial charge in [-0.3, -0.25) is 9.78 Å². The molecule has 0 saturated heterocycles. The van der Waals surface area contributed by atoms with E-state index in [0.29, 0.717) is 11.6 Å². The fourth-order valence-electron chi connectivity index (χ4n) is 2.32. The van der Waals surface area contributed by atoms with Crippen LogP contribution in [0.5, 0.6) is 0 Å². The number of nitrogens with two attached hydrogens (primary N) is 1. The van der Waals surface area contributed by atoms with Crippen LogP contribution in [0.2, 0.25) is 0 Å². The molecule has 1 aromatic carbocycles. The summed E-state index contributed by atoms with van der Waals surface area (Å²) in [7, 11) is 0. The molecule has 0 bridgehead atoms. The number of rotatable bonds is 8. The molecule has 0 saturated carbocycles. The Bertz CT molecular complexity index is 696. The number of anilines is 1. The van der Waals surface area contributed by atoms with Gasteiger partial charge >= 0.3 is 0 Å². The molecule has 0 aliphatic heterocycles. The summed E-state index contributed by atoms with van der Waals surface area (Å²) in [6, 6.07) is 5.84. The van der Waals surface area contributed by atoms with E-state index in [4.69, 9.17) is 5.73 Å². The number of benzene rings is 1. The van der Waals surface area contributed by atoms with Crippen molar-refractivity contribution < 1.29 is 0 Å². The molecule has 0 atom stereocenters. The van der Waals surface area contributed by atoms with Crippen LogP contribution in [0.4, 0.5) is 5.95 Å². The number of H-pyrrole nitrogens is 1. The standard InChI is InChI=1S/C17H25N5O/c1-12-7-8-14(11-13(12)2)15-16(23)20-17(22-21-15)19-10-6-4-3-5-9-18/h7-8,11H,3-6,9-10,18H2,1-2H3,(H2,19,20,22,23). The second-order valence-corrected chi connectivity index (χ2v) is 5.78. The first-order chi connectivity index (χ1) is 11.1. The Morgan fingerprint density at radius 3 is 2.57 bits per heavy atom. The molecule has 0 aliphatic carbocycles. The molecule has 2 rings (SSSR count). The molecule has 2 aromatic rings. The zero-order chi connectivity index (χ0) is 16.7. The average Bonchev–Trinajstić information content (AvgIpc) is 2.54. The van der Waals surface area contributed by atoms with Gasteiger partial charge in [0.15, 0.2) is 5.69 Å². The molecule has 1 heterocycles. The third-order valence-corrected chi connectivity index (χ3v) is 3.90. The third-order valence-electron chi connectivity index (χ3n) is 3.90. The summed E-state index contributed by atoms with van der Waals surface area (Å²) in [6.07, 6.45) is 4.32. The first kappa shape index (κ1) is 17.1. The molecule has 1 aromatic heterocycles. The Kier molecular flexibility index (Phi) is 6.29. The molecule has 0 amide bonds. The fraction of sp³-hybridized carbons (Fsp3) is 0.471. The summed E-state index contributed by atoms with van der Waals surface area (Å²) in [5.74, 6) is 0.418. The number of hydrogen-bond acceptors (Lipinski definition) is 5. The van der Waals surface area contributed by atoms with Crippen molar-refractivity contribution in [2.45, 2.75) is 39.5 Å². The van der Waals surface area contributed by atoms with Crippen molar-refractivity contribution in [2.75, 3.05) is 18.4 Å². The number of aromatic nitrogens is 3. The highest BCUT2D eigenvalue weighted by atomic mass is 16.1. The van der Waals surface area contributed by atoms with Crippen molar-refractivity contribution in [1.29, 1.82) is 0 Å². The quantitative estimate of drug-likeness (QED) is 0.650. The second kappa shape index (κ2) is 8.43. The van der Waals surface area contributed by atoms with Gasteiger partial charge in [0.2, 0.25) is 5.95 Å². The van der Waals surface area contributed by atoms with Gasteiger partial charge in [-0.15, -0.1) is 10.2 Å². The number of nitrogens with one attached hydrogen (secondary N) is 2. The Morgan fingerprint density at radius 2 is 1.87 bits per heavy atom. The molecule has 6 heteroatoms. The predicted molar refractivity (Wildman–Crippen MR) is 93.6 cm³/mol. The van der Waals surface area contributed by atoms with Crippen molar-refractivity contribution >= 4 is 5.95 Å². The highest BCUT2D eigenvalue weighted by Gasteiger charge is 2.08. The van der Waals surface area contributed by atoms with Gasteiger partial charge in [0.25, 0.3) is 5.56 Å². The van der Waals surface area contributed by atoms with Crippen LogP contribution in [0.1, 0.15) is 36.8 Å². The van der Waals surface area contributed by atoms with E-state index in [1.165, 1.54) is 5.56 Å². The highest BCUT2D eigenvalue weighted by molar-refractivity contribution is 5.59. The minimum atomic E-state index is -0.228. The first-order valence-electron chi connectivity index (χ1n) is 8.10. The van der Waals surface area contributed by atoms with Gasteiger partial charge in [-0.25, -0.2) is 0 Å². The molecule has 0 radical (unpaired) electrons. The van der Waals surface area contributed by atoms with Crippen molar-refractivity contribution in [1.82, 2.24) is 15.2 Å². The van der Waals surface area contributed by atoms with E-state index in [0.717, 1.165) is 49.9 Å². The number of unbranched alkanes of at least 4 members (excludes halogenated alkanes) is 3. The second-order valence-electron chi connectivity index (χ2n) is 5.78. The van der Waals surface area contributed by atoms with Crippen molar-refractivity contribution in [2.24, 2.45) is 5.73 Å². The summed E-state index contributed by atoms with van der Waals surface area (Å²) < 4.78 is 0. The lowest BCUT2D eigenvalue weighted by molar-refractivity contribution is 0.659. The Morgan fingerprint density at radius 1 is 1.09 bits per heavy atom. The van der Waals surface area contributed by atoms with Crippen molar-refractivity contribution in [3.8, 4) is 11.3 Å². The van der Waals surface area contributed by atoms with Crippen LogP contribution < -0.4 is 16.6 Å². The Balaban J connectivity index is 1.98. The molecular weight excluding hydrogens is 290 g/mol. The van der Waals surface area contributed by atoms with E-state index >= 15 is 0 Å². The van der Waals surface area contributed by atoms with E-state index in [-0.39, 0.29) is 5.56 Å². The van der Waals surface area contributed by atoms with Gasteiger partial charge in [0.05, 0.1) is 0 Å². The smallest absolute Gasteiger partial charge is 0.279 e. The molecule has 4 N–H and O–H groups in total. The van der Waals surface area contributed by atoms with Gasteiger partial charge in [-0.2, -0.15) is 0 Å². The maximum atomic E-state index is 12.2. The molecule has 6 nitrogen and oxygen atoms in total. The molecule has 0 unspecified atom stereocenters. The van der Waals surface area contributed by atoms with Crippen LogP contribution in [0.3, 0.4) is 0 Å². The maximum absolute atomic E-state index is 12.2. The van der Waals surface area contributed by atoms with Gasteiger partial charge in [0.1, 0.15) is 0 Å². The molecular formula is C17H25N5O. The maximum Gasteiger partial charge on any atom is 0.279 e. The monoisotopic (exact) mass is 315 g/mol. The van der Waals surface area contributed by atoms with Gasteiger partial charge in [-0.1, -0.05) is 25.0 Å². The zero-order valence-electron chi connectivity index (χ0n) is 13.9. The summed E-state index contributed by atoms with van der Waals surface area (Å²) in [5.41, 5.74) is 8.68. The summed E-state index contributed by atoms with van der Waals surface area (Å²) in [6.45, 7) is 5.56. The molecule has 23 heavy (non-hydrogen) atoms. The number of aromatic amines is 1. The SMILES string of the molecule is Cc1ccc(-c2nnc(NCCCCCCN)[nH]c2=O)cc1C. The number of nitrogens with zero attached hydrogens (tertiary/aromatic N) is 2. The van der Waals surface area contributed by atoms with Crippen molar-refractivity contribution in [3.05, 3.63) is 39.7 Å². The minimum absolute atomic E-state index is 0.228. The molecule has 0 aliphatic rings. The Labute approximate surface area is 136 Å². The van der Waals surface area contributed by atoms with Crippen molar-refractivity contribution in [3.63, 3.8) is 0 Å². The normalized spacial score (nSPS) is 10.7. The first-order valence-corrected chi connectivity index (χ1v) is 8.10. The van der Waals surface area contributed by atoms with Crippen LogP contribution in [0.15, 0.2) is 23.0 Å². The lowest BCUT2D eigenvalue weighted by Crippen LogP contribution is -2.17. The number of hydrogen-bond donors (Lipinski definition) is 3. The Hall–Kier alpha value is -2.21. The average molecular weight is 315 g/mol. The van der Waals surface area contributed by atoms with Gasteiger partial charge in [0, 0.05) is 12.1 Å². The van der Waals surface area contributed by atoms with E-state index < -0.39 is 0 Å². The van der Waals surface area contributed by atoms with Gasteiger partial charge in [-0.05, 0) is 50.4 Å². The van der Waals surface area contributed by atoms with E-state index in [9.17, 15) is 4.79 Å². The molecule has 0 spiro atoms. The summed E-state index contributed by atoms with van der Waals surface area (Å²) >= 11 is 0. The zero-order valence-corrected chi connectivity index (χ0v) is 13.9. The highest BCUT2D eigenvalue weighted by Crippen LogP contribution is 2.17. The van der Waals surface area contributed by atoms with E-state index in [2.05, 4.69) is 20.5 Å². The largest absolute Gasteiger partial charge is 0.354 e. The molecule has 124 valence electrons. The van der Waals surface area contributed by atoms with Crippen LogP contribution >= 0.6 is 0 Å². The predicted octanol–water partition coefficient (Wildman–Crippen LogP) is 2.38. The number of aryl methyl sites for hydroxylation is 2. The lowest BCUT2D eigenvalue weighted by Gasteiger charge is -2.06. The molecule has 0 fully saturated rings.